The Balaban J connectivity index is 1.10. The Bertz CT molecular complexity index is 2780. The molecular weight excluding hydrogens is 685 g/mol. The molecule has 0 saturated heterocycles. The highest BCUT2D eigenvalue weighted by Crippen LogP contribution is 2.43. The lowest BCUT2D eigenvalue weighted by Crippen LogP contribution is -2.60. The molecule has 268 valence electrons. The van der Waals surface area contributed by atoms with E-state index in [-0.39, 0.29) is 22.3 Å². The first kappa shape index (κ1) is 32.8. The number of benzene rings is 6. The van der Waals surface area contributed by atoms with Gasteiger partial charge in [0.1, 0.15) is 5.66 Å². The SMILES string of the molecule is Cc1ccc2c(c1)c1cc(C)ccc1n2-c1cccc2c1C(=O)N(C(C)(C)N1C(=O)c3cccc(-n4c5ccc(C)cc5c5cc(C)ccc54)c3C1=O)C2=O. The number of carbonyl (C=O) groups is 4. The Morgan fingerprint density at radius 1 is 0.400 bits per heavy atom. The summed E-state index contributed by atoms with van der Waals surface area (Å²) in [6.07, 6.45) is 0. The van der Waals surface area contributed by atoms with Gasteiger partial charge in [0.25, 0.3) is 23.6 Å². The van der Waals surface area contributed by atoms with Gasteiger partial charge in [0.15, 0.2) is 0 Å². The van der Waals surface area contributed by atoms with E-state index in [2.05, 4.69) is 24.3 Å². The van der Waals surface area contributed by atoms with Gasteiger partial charge in [-0.25, -0.2) is 0 Å². The van der Waals surface area contributed by atoms with E-state index in [1.165, 1.54) is 0 Å². The van der Waals surface area contributed by atoms with E-state index in [0.717, 1.165) is 75.7 Å². The molecule has 55 heavy (non-hydrogen) atoms. The first-order valence-electron chi connectivity index (χ1n) is 18.4. The predicted octanol–water partition coefficient (Wildman–Crippen LogP) is 9.74. The molecule has 4 amide bonds. The summed E-state index contributed by atoms with van der Waals surface area (Å²) >= 11 is 0. The fourth-order valence-electron chi connectivity index (χ4n) is 9.02. The average molecular weight is 721 g/mol. The summed E-state index contributed by atoms with van der Waals surface area (Å²) in [4.78, 5) is 60.8. The first-order chi connectivity index (χ1) is 26.4. The molecule has 0 saturated carbocycles. The van der Waals surface area contributed by atoms with Crippen LogP contribution in [0.1, 0.15) is 77.5 Å². The third-order valence-corrected chi connectivity index (χ3v) is 11.5. The summed E-state index contributed by atoms with van der Waals surface area (Å²) in [5.41, 5.74) is 8.40. The van der Waals surface area contributed by atoms with E-state index in [9.17, 15) is 19.2 Å². The van der Waals surface area contributed by atoms with Crippen molar-refractivity contribution in [2.75, 3.05) is 0 Å². The van der Waals surface area contributed by atoms with E-state index in [1.807, 2.05) is 97.5 Å². The Kier molecular flexibility index (Phi) is 6.63. The molecule has 2 aliphatic rings. The number of aryl methyl sites for hydroxylation is 4. The van der Waals surface area contributed by atoms with Gasteiger partial charge >= 0.3 is 0 Å². The highest BCUT2D eigenvalue weighted by atomic mass is 16.2. The van der Waals surface area contributed by atoms with Gasteiger partial charge in [0, 0.05) is 21.5 Å². The molecule has 4 heterocycles. The summed E-state index contributed by atoms with van der Waals surface area (Å²) in [6, 6.07) is 35.4. The normalized spacial score (nSPS) is 14.4. The van der Waals surface area contributed by atoms with Crippen LogP contribution in [-0.2, 0) is 0 Å². The average Bonchev–Trinajstić information content (AvgIpc) is 3.82. The standard InChI is InChI=1S/C47H36N4O4/c1-25-13-17-35-31(21-25)32-22-26(2)14-18-36(32)48(35)39-11-7-9-29-41(39)45(54)50(43(29)52)47(5,6)51-44(53)30-10-8-12-40(42(30)46(51)55)49-37-19-15-27(3)23-33(37)34-24-28(4)16-20-38(34)49/h7-24H,1-6H3. The fourth-order valence-corrected chi connectivity index (χ4v) is 9.02. The molecule has 0 spiro atoms. The van der Waals surface area contributed by atoms with Crippen LogP contribution in [0.3, 0.4) is 0 Å². The van der Waals surface area contributed by atoms with Crippen molar-refractivity contribution in [1.82, 2.24) is 18.9 Å². The number of amides is 4. The number of imide groups is 2. The zero-order valence-corrected chi connectivity index (χ0v) is 31.3. The highest BCUT2D eigenvalue weighted by Gasteiger charge is 2.54. The van der Waals surface area contributed by atoms with Crippen molar-refractivity contribution in [2.24, 2.45) is 0 Å². The largest absolute Gasteiger partial charge is 0.308 e. The lowest BCUT2D eigenvalue weighted by atomic mass is 10.1. The number of rotatable bonds is 4. The number of hydrogen-bond acceptors (Lipinski definition) is 4. The van der Waals surface area contributed by atoms with Crippen LogP contribution in [0.2, 0.25) is 0 Å². The van der Waals surface area contributed by atoms with E-state index in [0.29, 0.717) is 11.4 Å². The number of fused-ring (bicyclic) bond motifs is 8. The second-order valence-electron chi connectivity index (χ2n) is 15.5. The number of nitrogens with zero attached hydrogens (tertiary/aromatic N) is 4. The van der Waals surface area contributed by atoms with Crippen LogP contribution in [0.4, 0.5) is 0 Å². The summed E-state index contributed by atoms with van der Waals surface area (Å²) < 4.78 is 4.07. The van der Waals surface area contributed by atoms with E-state index in [1.54, 1.807) is 38.1 Å². The number of aromatic nitrogens is 2. The fraction of sp³-hybridized carbons (Fsp3) is 0.149. The Morgan fingerprint density at radius 3 is 1.02 bits per heavy atom. The van der Waals surface area contributed by atoms with Crippen molar-refractivity contribution in [2.45, 2.75) is 47.2 Å². The monoisotopic (exact) mass is 720 g/mol. The molecule has 2 aromatic heterocycles. The quantitative estimate of drug-likeness (QED) is 0.170. The maximum Gasteiger partial charge on any atom is 0.265 e. The van der Waals surface area contributed by atoms with E-state index >= 15 is 0 Å². The minimum atomic E-state index is -1.67. The van der Waals surface area contributed by atoms with Crippen molar-refractivity contribution < 1.29 is 19.2 Å². The molecule has 8 aromatic rings. The zero-order valence-electron chi connectivity index (χ0n) is 31.3. The van der Waals surface area contributed by atoms with Crippen LogP contribution in [0, 0.1) is 27.7 Å². The molecule has 0 bridgehead atoms. The third-order valence-electron chi connectivity index (χ3n) is 11.5. The molecule has 0 atom stereocenters. The zero-order chi connectivity index (χ0) is 38.2. The van der Waals surface area contributed by atoms with Gasteiger partial charge in [0.05, 0.1) is 55.7 Å². The summed E-state index contributed by atoms with van der Waals surface area (Å²) in [6.45, 7) is 11.4. The summed E-state index contributed by atoms with van der Waals surface area (Å²) in [7, 11) is 0. The molecule has 0 unspecified atom stereocenters. The molecule has 10 rings (SSSR count). The minimum absolute atomic E-state index is 0.220. The Labute approximate surface area is 316 Å². The Hall–Kier alpha value is -6.80. The topological polar surface area (TPSA) is 84.6 Å². The number of hydrogen-bond donors (Lipinski definition) is 0. The van der Waals surface area contributed by atoms with Crippen LogP contribution in [-0.4, -0.2) is 48.2 Å². The van der Waals surface area contributed by atoms with Crippen molar-refractivity contribution in [1.29, 1.82) is 0 Å². The lowest BCUT2D eigenvalue weighted by Gasteiger charge is -2.40. The van der Waals surface area contributed by atoms with Crippen molar-refractivity contribution in [3.8, 4) is 11.4 Å². The van der Waals surface area contributed by atoms with Gasteiger partial charge in [0.2, 0.25) is 0 Å². The second kappa shape index (κ2) is 11.1. The highest BCUT2D eigenvalue weighted by molar-refractivity contribution is 6.27. The van der Waals surface area contributed by atoms with Gasteiger partial charge in [-0.2, -0.15) is 0 Å². The van der Waals surface area contributed by atoms with Gasteiger partial charge in [-0.3, -0.25) is 29.0 Å². The van der Waals surface area contributed by atoms with Crippen molar-refractivity contribution in [3.05, 3.63) is 154 Å². The summed E-state index contributed by atoms with van der Waals surface area (Å²) in [5.74, 6) is -2.27. The lowest BCUT2D eigenvalue weighted by molar-refractivity contribution is 0.00434. The second-order valence-corrected chi connectivity index (χ2v) is 15.5. The number of carbonyl (C=O) groups excluding carboxylic acids is 4. The summed E-state index contributed by atoms with van der Waals surface area (Å²) in [5, 5.41) is 4.17. The molecule has 8 nitrogen and oxygen atoms in total. The molecule has 0 fully saturated rings. The maximum atomic E-state index is 14.8. The van der Waals surface area contributed by atoms with Crippen LogP contribution < -0.4 is 0 Å². The van der Waals surface area contributed by atoms with Crippen molar-refractivity contribution >= 4 is 67.2 Å². The van der Waals surface area contributed by atoms with Gasteiger partial charge in [-0.05, 0) is 114 Å². The van der Waals surface area contributed by atoms with Gasteiger partial charge < -0.3 is 9.13 Å². The van der Waals surface area contributed by atoms with Gasteiger partial charge in [-0.1, -0.05) is 58.7 Å². The van der Waals surface area contributed by atoms with Crippen LogP contribution in [0.15, 0.2) is 109 Å². The molecule has 0 N–H and O–H groups in total. The maximum absolute atomic E-state index is 14.8. The minimum Gasteiger partial charge on any atom is -0.308 e. The molecule has 6 aromatic carbocycles. The van der Waals surface area contributed by atoms with Crippen LogP contribution in [0.25, 0.3) is 55.0 Å². The first-order valence-corrected chi connectivity index (χ1v) is 18.4. The molecule has 8 heteroatoms. The molecule has 2 aliphatic heterocycles. The molecule has 0 radical (unpaired) electrons. The predicted molar refractivity (Wildman–Crippen MR) is 216 cm³/mol. The van der Waals surface area contributed by atoms with Gasteiger partial charge in [-0.15, -0.1) is 0 Å². The Morgan fingerprint density at radius 2 is 0.709 bits per heavy atom. The van der Waals surface area contributed by atoms with Crippen LogP contribution >= 0.6 is 0 Å². The molecular formula is C47H36N4O4. The molecule has 0 aliphatic carbocycles. The smallest absolute Gasteiger partial charge is 0.265 e. The third kappa shape index (κ3) is 4.33. The van der Waals surface area contributed by atoms with Crippen LogP contribution in [0.5, 0.6) is 0 Å². The van der Waals surface area contributed by atoms with E-state index < -0.39 is 29.3 Å². The van der Waals surface area contributed by atoms with E-state index in [4.69, 9.17) is 0 Å². The van der Waals surface area contributed by atoms with Crippen molar-refractivity contribution in [3.63, 3.8) is 0 Å².